The van der Waals surface area contributed by atoms with Gasteiger partial charge in [-0.25, -0.2) is 0 Å². The van der Waals surface area contributed by atoms with Crippen LogP contribution in [0.3, 0.4) is 0 Å². The van der Waals surface area contributed by atoms with Crippen molar-refractivity contribution in [2.45, 2.75) is 32.1 Å². The fraction of sp³-hybridized carbons (Fsp3) is 0.556. The largest absolute Gasteiger partial charge is 0.193 e. The molecule has 0 spiro atoms. The second-order valence-electron chi connectivity index (χ2n) is 2.74. The van der Waals surface area contributed by atoms with Crippen molar-refractivity contribution in [1.29, 1.82) is 10.5 Å². The summed E-state index contributed by atoms with van der Waals surface area (Å²) in [5.41, 5.74) is 1.43. The monoisotopic (exact) mass is 146 g/mol. The van der Waals surface area contributed by atoms with Gasteiger partial charge >= 0.3 is 0 Å². The third-order valence-corrected chi connectivity index (χ3v) is 1.99. The van der Waals surface area contributed by atoms with Crippen molar-refractivity contribution in [3.63, 3.8) is 0 Å². The Bertz CT molecular complexity index is 224. The van der Waals surface area contributed by atoms with Gasteiger partial charge in [0.15, 0.2) is 0 Å². The van der Waals surface area contributed by atoms with Gasteiger partial charge in [-0.2, -0.15) is 10.5 Å². The number of rotatable bonds is 0. The molecule has 0 heterocycles. The second-order valence-corrected chi connectivity index (χ2v) is 2.74. The average Bonchev–Trinajstić information content (AvgIpc) is 2.27. The van der Waals surface area contributed by atoms with Gasteiger partial charge in [-0.3, -0.25) is 0 Å². The van der Waals surface area contributed by atoms with E-state index in [1.54, 1.807) is 0 Å². The molecule has 0 atom stereocenters. The molecule has 0 aromatic carbocycles. The maximum absolute atomic E-state index is 8.66. The molecular weight excluding hydrogens is 136 g/mol. The molecular formula is C9H10N2. The summed E-state index contributed by atoms with van der Waals surface area (Å²) in [6.45, 7) is 0. The molecule has 0 aromatic heterocycles. The van der Waals surface area contributed by atoms with E-state index in [9.17, 15) is 0 Å². The van der Waals surface area contributed by atoms with Gasteiger partial charge in [0.25, 0.3) is 0 Å². The Kier molecular flexibility index (Phi) is 2.69. The molecule has 0 saturated heterocycles. The van der Waals surface area contributed by atoms with Crippen LogP contribution in [0.25, 0.3) is 0 Å². The van der Waals surface area contributed by atoms with Crippen molar-refractivity contribution in [2.75, 3.05) is 0 Å². The molecule has 1 aliphatic rings. The Morgan fingerprint density at radius 2 is 1.27 bits per heavy atom. The van der Waals surface area contributed by atoms with E-state index in [0.717, 1.165) is 32.1 Å². The predicted molar refractivity (Wildman–Crippen MR) is 41.3 cm³/mol. The molecule has 0 fully saturated rings. The third kappa shape index (κ3) is 1.82. The highest BCUT2D eigenvalue weighted by Crippen LogP contribution is 2.22. The average molecular weight is 146 g/mol. The summed E-state index contributed by atoms with van der Waals surface area (Å²) >= 11 is 0. The lowest BCUT2D eigenvalue weighted by atomic mass is 10.1. The molecule has 0 saturated carbocycles. The lowest BCUT2D eigenvalue weighted by Gasteiger charge is -1.93. The van der Waals surface area contributed by atoms with Crippen LogP contribution in [0.2, 0.25) is 0 Å². The first-order valence-corrected chi connectivity index (χ1v) is 3.90. The van der Waals surface area contributed by atoms with Gasteiger partial charge in [-0.1, -0.05) is 6.42 Å². The Labute approximate surface area is 66.7 Å². The van der Waals surface area contributed by atoms with Gasteiger partial charge in [0.1, 0.15) is 0 Å². The predicted octanol–water partition coefficient (Wildman–Crippen LogP) is 2.29. The molecule has 11 heavy (non-hydrogen) atoms. The molecule has 56 valence electrons. The molecule has 0 N–H and O–H groups in total. The van der Waals surface area contributed by atoms with E-state index in [2.05, 4.69) is 12.1 Å². The zero-order valence-corrected chi connectivity index (χ0v) is 6.43. The number of allylic oxidation sites excluding steroid dienone is 2. The van der Waals surface area contributed by atoms with E-state index in [1.807, 2.05) is 0 Å². The summed E-state index contributed by atoms with van der Waals surface area (Å²) in [4.78, 5) is 0. The van der Waals surface area contributed by atoms with Gasteiger partial charge in [-0.15, -0.1) is 0 Å². The van der Waals surface area contributed by atoms with E-state index in [1.165, 1.54) is 0 Å². The molecule has 0 radical (unpaired) electrons. The van der Waals surface area contributed by atoms with E-state index >= 15 is 0 Å². The fourth-order valence-electron chi connectivity index (χ4n) is 1.33. The van der Waals surface area contributed by atoms with Crippen LogP contribution in [-0.2, 0) is 0 Å². The molecule has 0 aliphatic heterocycles. The quantitative estimate of drug-likeness (QED) is 0.526. The molecule has 1 aliphatic carbocycles. The smallest absolute Gasteiger partial charge is 0.0957 e. The highest BCUT2D eigenvalue weighted by molar-refractivity contribution is 5.37. The molecule has 2 nitrogen and oxygen atoms in total. The van der Waals surface area contributed by atoms with Crippen molar-refractivity contribution in [3.8, 4) is 12.1 Å². The van der Waals surface area contributed by atoms with Crippen LogP contribution in [0.15, 0.2) is 11.1 Å². The third-order valence-electron chi connectivity index (χ3n) is 1.99. The van der Waals surface area contributed by atoms with Crippen LogP contribution in [0, 0.1) is 22.7 Å². The lowest BCUT2D eigenvalue weighted by molar-refractivity contribution is 0.711. The lowest BCUT2D eigenvalue weighted by Crippen LogP contribution is -1.83. The molecule has 0 aromatic rings. The first-order valence-electron chi connectivity index (χ1n) is 3.90. The van der Waals surface area contributed by atoms with E-state index < -0.39 is 0 Å². The first kappa shape index (κ1) is 7.82. The van der Waals surface area contributed by atoms with Gasteiger partial charge in [0.2, 0.25) is 0 Å². The van der Waals surface area contributed by atoms with Crippen molar-refractivity contribution < 1.29 is 0 Å². The van der Waals surface area contributed by atoms with Gasteiger partial charge in [0, 0.05) is 11.1 Å². The number of nitriles is 2. The standard InChI is InChI=1S/C9H10N2/c10-6-8-4-2-1-3-5-9(8)7-11/h1-5H2. The molecule has 1 rings (SSSR count). The van der Waals surface area contributed by atoms with Crippen molar-refractivity contribution in [2.24, 2.45) is 0 Å². The SMILES string of the molecule is N#CC1=C(C#N)CCCCC1. The zero-order chi connectivity index (χ0) is 8.10. The summed E-state index contributed by atoms with van der Waals surface area (Å²) < 4.78 is 0. The molecule has 0 unspecified atom stereocenters. The van der Waals surface area contributed by atoms with Crippen LogP contribution in [0.5, 0.6) is 0 Å². The summed E-state index contributed by atoms with van der Waals surface area (Å²) in [6.07, 6.45) is 4.89. The van der Waals surface area contributed by atoms with E-state index in [-0.39, 0.29) is 0 Å². The van der Waals surface area contributed by atoms with Crippen LogP contribution in [-0.4, -0.2) is 0 Å². The highest BCUT2D eigenvalue weighted by Gasteiger charge is 2.09. The number of nitrogens with zero attached hydrogens (tertiary/aromatic N) is 2. The minimum absolute atomic E-state index is 0.713. The summed E-state index contributed by atoms with van der Waals surface area (Å²) in [7, 11) is 0. The summed E-state index contributed by atoms with van der Waals surface area (Å²) in [5.74, 6) is 0. The van der Waals surface area contributed by atoms with Crippen LogP contribution >= 0.6 is 0 Å². The Morgan fingerprint density at radius 3 is 1.64 bits per heavy atom. The van der Waals surface area contributed by atoms with E-state index in [0.29, 0.717) is 11.1 Å². The van der Waals surface area contributed by atoms with Gasteiger partial charge < -0.3 is 0 Å². The molecule has 0 bridgehead atoms. The van der Waals surface area contributed by atoms with Crippen molar-refractivity contribution in [3.05, 3.63) is 11.1 Å². The fourth-order valence-corrected chi connectivity index (χ4v) is 1.33. The van der Waals surface area contributed by atoms with Crippen molar-refractivity contribution in [1.82, 2.24) is 0 Å². The normalized spacial score (nSPS) is 18.4. The first-order chi connectivity index (χ1) is 5.38. The van der Waals surface area contributed by atoms with Gasteiger partial charge in [0.05, 0.1) is 12.1 Å². The topological polar surface area (TPSA) is 47.6 Å². The second kappa shape index (κ2) is 3.78. The Balaban J connectivity index is 2.85. The number of hydrogen-bond donors (Lipinski definition) is 0. The van der Waals surface area contributed by atoms with Crippen LogP contribution in [0.4, 0.5) is 0 Å². The Morgan fingerprint density at radius 1 is 0.818 bits per heavy atom. The van der Waals surface area contributed by atoms with Crippen LogP contribution < -0.4 is 0 Å². The zero-order valence-electron chi connectivity index (χ0n) is 6.43. The van der Waals surface area contributed by atoms with Crippen molar-refractivity contribution >= 4 is 0 Å². The molecule has 2 heteroatoms. The highest BCUT2D eigenvalue weighted by atomic mass is 14.3. The molecule has 0 amide bonds. The van der Waals surface area contributed by atoms with E-state index in [4.69, 9.17) is 10.5 Å². The maximum atomic E-state index is 8.66. The van der Waals surface area contributed by atoms with Crippen LogP contribution in [0.1, 0.15) is 32.1 Å². The Hall–Kier alpha value is -1.28. The minimum Gasteiger partial charge on any atom is -0.193 e. The summed E-state index contributed by atoms with van der Waals surface area (Å²) in [6, 6.07) is 4.20. The summed E-state index contributed by atoms with van der Waals surface area (Å²) in [5, 5.41) is 17.3. The van der Waals surface area contributed by atoms with Gasteiger partial charge in [-0.05, 0) is 25.7 Å². The number of hydrogen-bond acceptors (Lipinski definition) is 2. The maximum Gasteiger partial charge on any atom is 0.0957 e. The minimum atomic E-state index is 0.713.